The van der Waals surface area contributed by atoms with Gasteiger partial charge >= 0.3 is 6.18 Å². The molecule has 0 heterocycles. The molecular formula is C18H14F3N3O3. The Morgan fingerprint density at radius 3 is 2.15 bits per heavy atom. The fourth-order valence-electron chi connectivity index (χ4n) is 1.97. The van der Waals surface area contributed by atoms with E-state index >= 15 is 0 Å². The molecule has 27 heavy (non-hydrogen) atoms. The zero-order valence-electron chi connectivity index (χ0n) is 14.0. The molecule has 0 aliphatic rings. The van der Waals surface area contributed by atoms with E-state index in [0.29, 0.717) is 11.3 Å². The maximum atomic E-state index is 12.5. The van der Waals surface area contributed by atoms with Crippen molar-refractivity contribution in [3.8, 4) is 11.8 Å². The lowest BCUT2D eigenvalue weighted by Gasteiger charge is -2.15. The van der Waals surface area contributed by atoms with Gasteiger partial charge in [0.15, 0.2) is 6.10 Å². The zero-order chi connectivity index (χ0) is 20.0. The molecule has 0 spiro atoms. The van der Waals surface area contributed by atoms with E-state index < -0.39 is 29.7 Å². The number of amides is 2. The van der Waals surface area contributed by atoms with E-state index in [-0.39, 0.29) is 5.56 Å². The molecular weight excluding hydrogens is 363 g/mol. The van der Waals surface area contributed by atoms with Crippen molar-refractivity contribution < 1.29 is 27.5 Å². The van der Waals surface area contributed by atoms with Gasteiger partial charge in [-0.25, -0.2) is 0 Å². The van der Waals surface area contributed by atoms with Crippen LogP contribution in [0.1, 0.15) is 28.4 Å². The van der Waals surface area contributed by atoms with Crippen LogP contribution in [0.5, 0.6) is 5.75 Å². The highest BCUT2D eigenvalue weighted by molar-refractivity contribution is 5.95. The molecule has 0 aromatic heterocycles. The minimum Gasteiger partial charge on any atom is -0.481 e. The lowest BCUT2D eigenvalue weighted by Crippen LogP contribution is -2.47. The molecule has 2 aromatic carbocycles. The lowest BCUT2D eigenvalue weighted by molar-refractivity contribution is -0.137. The van der Waals surface area contributed by atoms with Gasteiger partial charge in [0.1, 0.15) is 5.75 Å². The van der Waals surface area contributed by atoms with Crippen molar-refractivity contribution in [2.45, 2.75) is 19.2 Å². The number of hydrogen-bond donors (Lipinski definition) is 2. The number of nitrogens with one attached hydrogen (secondary N) is 2. The van der Waals surface area contributed by atoms with Gasteiger partial charge in [-0.3, -0.25) is 20.4 Å². The number of ether oxygens (including phenoxy) is 1. The third kappa shape index (κ3) is 5.47. The van der Waals surface area contributed by atoms with Crippen LogP contribution < -0.4 is 15.6 Å². The zero-order valence-corrected chi connectivity index (χ0v) is 14.0. The van der Waals surface area contributed by atoms with Crippen LogP contribution in [0.25, 0.3) is 0 Å². The number of carbonyl (C=O) groups is 2. The van der Waals surface area contributed by atoms with Gasteiger partial charge in [-0.05, 0) is 55.5 Å². The summed E-state index contributed by atoms with van der Waals surface area (Å²) in [7, 11) is 0. The first-order valence-corrected chi connectivity index (χ1v) is 7.65. The third-order valence-corrected chi connectivity index (χ3v) is 3.44. The fourth-order valence-corrected chi connectivity index (χ4v) is 1.97. The molecule has 0 aliphatic heterocycles. The quantitative estimate of drug-likeness (QED) is 0.802. The van der Waals surface area contributed by atoms with E-state index in [1.54, 1.807) is 0 Å². The average molecular weight is 377 g/mol. The van der Waals surface area contributed by atoms with Crippen molar-refractivity contribution in [3.05, 3.63) is 65.2 Å². The summed E-state index contributed by atoms with van der Waals surface area (Å²) in [4.78, 5) is 23.8. The van der Waals surface area contributed by atoms with Gasteiger partial charge < -0.3 is 4.74 Å². The van der Waals surface area contributed by atoms with Crippen LogP contribution in [0.3, 0.4) is 0 Å². The summed E-state index contributed by atoms with van der Waals surface area (Å²) < 4.78 is 42.9. The Bertz CT molecular complexity index is 857. The summed E-state index contributed by atoms with van der Waals surface area (Å²) in [5.74, 6) is -1.09. The first kappa shape index (κ1) is 19.8. The molecule has 9 heteroatoms. The molecule has 2 aromatic rings. The number of halogens is 3. The maximum Gasteiger partial charge on any atom is 0.416 e. The summed E-state index contributed by atoms with van der Waals surface area (Å²) >= 11 is 0. The van der Waals surface area contributed by atoms with Gasteiger partial charge in [0, 0.05) is 5.56 Å². The van der Waals surface area contributed by atoms with E-state index in [2.05, 4.69) is 10.9 Å². The molecule has 6 nitrogen and oxygen atoms in total. The number of hydrazine groups is 1. The number of hydrogen-bond acceptors (Lipinski definition) is 4. The molecule has 0 radical (unpaired) electrons. The largest absolute Gasteiger partial charge is 0.481 e. The van der Waals surface area contributed by atoms with Crippen molar-refractivity contribution in [2.24, 2.45) is 0 Å². The molecule has 1 atom stereocenters. The number of benzene rings is 2. The van der Waals surface area contributed by atoms with Crippen molar-refractivity contribution in [3.63, 3.8) is 0 Å². The normalized spacial score (nSPS) is 11.8. The first-order valence-electron chi connectivity index (χ1n) is 7.65. The first-order chi connectivity index (χ1) is 12.7. The number of rotatable bonds is 4. The summed E-state index contributed by atoms with van der Waals surface area (Å²) in [5, 5.41) is 8.72. The Kier molecular flexibility index (Phi) is 6.03. The molecule has 140 valence electrons. The van der Waals surface area contributed by atoms with Crippen LogP contribution in [0.15, 0.2) is 48.5 Å². The monoisotopic (exact) mass is 377 g/mol. The number of nitriles is 1. The minimum absolute atomic E-state index is 0.0519. The van der Waals surface area contributed by atoms with Gasteiger partial charge in [0.25, 0.3) is 11.8 Å². The Balaban J connectivity index is 1.88. The molecule has 0 saturated carbocycles. The van der Waals surface area contributed by atoms with Crippen molar-refractivity contribution >= 4 is 11.8 Å². The van der Waals surface area contributed by atoms with Crippen LogP contribution in [0, 0.1) is 11.3 Å². The molecule has 0 saturated heterocycles. The molecule has 2 N–H and O–H groups in total. The Labute approximate surface area is 152 Å². The number of nitrogens with zero attached hydrogens (tertiary/aromatic N) is 1. The topological polar surface area (TPSA) is 91.2 Å². The van der Waals surface area contributed by atoms with Crippen molar-refractivity contribution in [1.29, 1.82) is 5.26 Å². The highest BCUT2D eigenvalue weighted by atomic mass is 19.4. The highest BCUT2D eigenvalue weighted by Crippen LogP contribution is 2.29. The third-order valence-electron chi connectivity index (χ3n) is 3.44. The standard InChI is InChI=1S/C18H14F3N3O3/c1-11(27-15-8-2-12(10-22)3-9-15)16(25)23-24-17(26)13-4-6-14(7-5-13)18(19,20)21/h2-9,11H,1H3,(H,23,25)(H,24,26)/t11-/m0/s1. The van der Waals surface area contributed by atoms with Crippen LogP contribution in [0.2, 0.25) is 0 Å². The SMILES string of the molecule is C[C@H](Oc1ccc(C#N)cc1)C(=O)NNC(=O)c1ccc(C(F)(F)F)cc1. The number of carbonyl (C=O) groups excluding carboxylic acids is 2. The van der Waals surface area contributed by atoms with Gasteiger partial charge in [-0.15, -0.1) is 0 Å². The minimum atomic E-state index is -4.50. The van der Waals surface area contributed by atoms with E-state index in [9.17, 15) is 22.8 Å². The summed E-state index contributed by atoms with van der Waals surface area (Å²) in [6.45, 7) is 1.44. The molecule has 0 unspecified atom stereocenters. The predicted molar refractivity (Wildman–Crippen MR) is 88.3 cm³/mol. The van der Waals surface area contributed by atoms with E-state index in [1.807, 2.05) is 6.07 Å². The fraction of sp³-hybridized carbons (Fsp3) is 0.167. The molecule has 2 rings (SSSR count). The highest BCUT2D eigenvalue weighted by Gasteiger charge is 2.30. The van der Waals surface area contributed by atoms with E-state index in [0.717, 1.165) is 24.3 Å². The Hall–Kier alpha value is -3.54. The smallest absolute Gasteiger partial charge is 0.416 e. The van der Waals surface area contributed by atoms with E-state index in [4.69, 9.17) is 10.00 Å². The van der Waals surface area contributed by atoms with Crippen LogP contribution in [-0.2, 0) is 11.0 Å². The average Bonchev–Trinajstić information content (AvgIpc) is 2.65. The summed E-state index contributed by atoms with van der Waals surface area (Å²) in [6, 6.07) is 11.6. The second-order valence-corrected chi connectivity index (χ2v) is 5.41. The summed E-state index contributed by atoms with van der Waals surface area (Å²) in [5.41, 5.74) is 3.73. The Morgan fingerprint density at radius 2 is 1.63 bits per heavy atom. The Morgan fingerprint density at radius 1 is 1.04 bits per heavy atom. The molecule has 0 bridgehead atoms. The number of alkyl halides is 3. The summed E-state index contributed by atoms with van der Waals surface area (Å²) in [6.07, 6.45) is -5.47. The van der Waals surface area contributed by atoms with Crippen molar-refractivity contribution in [2.75, 3.05) is 0 Å². The van der Waals surface area contributed by atoms with Gasteiger partial charge in [-0.2, -0.15) is 18.4 Å². The van der Waals surface area contributed by atoms with Gasteiger partial charge in [0.05, 0.1) is 17.2 Å². The molecule has 0 fully saturated rings. The van der Waals surface area contributed by atoms with E-state index in [1.165, 1.54) is 31.2 Å². The van der Waals surface area contributed by atoms with Crippen LogP contribution >= 0.6 is 0 Å². The lowest BCUT2D eigenvalue weighted by atomic mass is 10.1. The van der Waals surface area contributed by atoms with Crippen LogP contribution in [-0.4, -0.2) is 17.9 Å². The maximum absolute atomic E-state index is 12.5. The van der Waals surface area contributed by atoms with Gasteiger partial charge in [0.2, 0.25) is 0 Å². The molecule has 0 aliphatic carbocycles. The van der Waals surface area contributed by atoms with Gasteiger partial charge in [-0.1, -0.05) is 0 Å². The predicted octanol–water partition coefficient (Wildman–Crippen LogP) is 2.81. The molecule has 2 amide bonds. The second-order valence-electron chi connectivity index (χ2n) is 5.41. The van der Waals surface area contributed by atoms with Crippen molar-refractivity contribution in [1.82, 2.24) is 10.9 Å². The van der Waals surface area contributed by atoms with Crippen LogP contribution in [0.4, 0.5) is 13.2 Å². The second kappa shape index (κ2) is 8.23.